The van der Waals surface area contributed by atoms with Crippen LogP contribution in [0.3, 0.4) is 0 Å². The van der Waals surface area contributed by atoms with Crippen LogP contribution in [0.4, 0.5) is 0 Å². The lowest BCUT2D eigenvalue weighted by Gasteiger charge is -2.24. The first-order chi connectivity index (χ1) is 6.64. The van der Waals surface area contributed by atoms with E-state index >= 15 is 0 Å². The first-order valence-corrected chi connectivity index (χ1v) is 6.61. The molecule has 1 heterocycles. The third-order valence-corrected chi connectivity index (χ3v) is 5.18. The Morgan fingerprint density at radius 1 is 1.36 bits per heavy atom. The number of thioether (sulfide) groups is 1. The maximum absolute atomic E-state index is 4.62. The summed E-state index contributed by atoms with van der Waals surface area (Å²) < 4.78 is 0. The van der Waals surface area contributed by atoms with Gasteiger partial charge in [-0.3, -0.25) is 4.99 Å². The fraction of sp³-hybridized carbons (Fsp3) is 0.909. The Balaban J connectivity index is 1.70. The minimum atomic E-state index is 0.447. The van der Waals surface area contributed by atoms with Crippen LogP contribution >= 0.6 is 11.8 Å². The summed E-state index contributed by atoms with van der Waals surface area (Å²) in [5.74, 6) is 1.16. The number of rotatable bonds is 2. The van der Waals surface area contributed by atoms with Crippen molar-refractivity contribution in [3.63, 3.8) is 0 Å². The van der Waals surface area contributed by atoms with Crippen LogP contribution in [0.1, 0.15) is 39.5 Å². The molecule has 1 atom stereocenters. The average Bonchev–Trinajstić information content (AvgIpc) is 3.00. The van der Waals surface area contributed by atoms with Crippen molar-refractivity contribution in [2.24, 2.45) is 10.4 Å². The minimum absolute atomic E-state index is 0.447. The van der Waals surface area contributed by atoms with Gasteiger partial charge in [-0.05, 0) is 38.0 Å². The third kappa shape index (κ3) is 1.28. The molecule has 1 aliphatic heterocycles. The van der Waals surface area contributed by atoms with E-state index in [-0.39, 0.29) is 0 Å². The molecule has 3 heteroatoms. The summed E-state index contributed by atoms with van der Waals surface area (Å²) in [6, 6.07) is 0.519. The lowest BCUT2D eigenvalue weighted by molar-refractivity contribution is 0.382. The second-order valence-corrected chi connectivity index (χ2v) is 6.37. The Bertz CT molecular complexity index is 290. The van der Waals surface area contributed by atoms with E-state index in [9.17, 15) is 0 Å². The maximum atomic E-state index is 4.62. The van der Waals surface area contributed by atoms with Gasteiger partial charge >= 0.3 is 0 Å². The van der Waals surface area contributed by atoms with Crippen LogP contribution in [-0.2, 0) is 0 Å². The van der Waals surface area contributed by atoms with E-state index in [1.54, 1.807) is 0 Å². The molecule has 0 bridgehead atoms. The molecule has 14 heavy (non-hydrogen) atoms. The predicted molar refractivity (Wildman–Crippen MR) is 61.8 cm³/mol. The zero-order valence-electron chi connectivity index (χ0n) is 8.97. The number of nitrogens with one attached hydrogen (secondary N) is 1. The number of amidine groups is 1. The molecule has 0 radical (unpaired) electrons. The van der Waals surface area contributed by atoms with Crippen LogP contribution in [0.5, 0.6) is 0 Å². The molecule has 3 rings (SSSR count). The summed E-state index contributed by atoms with van der Waals surface area (Å²) in [5.41, 5.74) is 1.05. The van der Waals surface area contributed by atoms with Crippen molar-refractivity contribution in [1.82, 2.24) is 5.32 Å². The maximum Gasteiger partial charge on any atom is 0.157 e. The van der Waals surface area contributed by atoms with Crippen molar-refractivity contribution < 1.29 is 0 Å². The highest BCUT2D eigenvalue weighted by molar-refractivity contribution is 8.14. The van der Waals surface area contributed by atoms with Crippen molar-refractivity contribution in [3.8, 4) is 0 Å². The quantitative estimate of drug-likeness (QED) is 0.757. The molecule has 1 N–H and O–H groups in total. The van der Waals surface area contributed by atoms with Crippen molar-refractivity contribution in [1.29, 1.82) is 0 Å². The third-order valence-electron chi connectivity index (χ3n) is 4.05. The second-order valence-electron chi connectivity index (χ2n) is 5.36. The lowest BCUT2D eigenvalue weighted by atomic mass is 9.96. The highest BCUT2D eigenvalue weighted by Crippen LogP contribution is 2.63. The summed E-state index contributed by atoms with van der Waals surface area (Å²) >= 11 is 1.90. The van der Waals surface area contributed by atoms with Crippen LogP contribution in [0.25, 0.3) is 0 Å². The van der Waals surface area contributed by atoms with E-state index in [4.69, 9.17) is 0 Å². The first kappa shape index (κ1) is 9.08. The average molecular weight is 210 g/mol. The number of hydrogen-bond acceptors (Lipinski definition) is 3. The highest BCUT2D eigenvalue weighted by Gasteiger charge is 2.63. The van der Waals surface area contributed by atoms with E-state index in [0.717, 1.165) is 5.75 Å². The molecular weight excluding hydrogens is 192 g/mol. The Hall–Kier alpha value is -0.180. The van der Waals surface area contributed by atoms with Gasteiger partial charge in [0.1, 0.15) is 0 Å². The molecule has 3 aliphatic rings. The Morgan fingerprint density at radius 2 is 2.07 bits per heavy atom. The van der Waals surface area contributed by atoms with E-state index in [0.29, 0.717) is 17.0 Å². The second kappa shape index (κ2) is 2.69. The Labute approximate surface area is 89.9 Å². The molecule has 0 aromatic carbocycles. The Kier molecular flexibility index (Phi) is 1.74. The summed E-state index contributed by atoms with van der Waals surface area (Å²) in [7, 11) is 0. The number of nitrogens with zero attached hydrogens (tertiary/aromatic N) is 1. The number of hydrogen-bond donors (Lipinski definition) is 1. The van der Waals surface area contributed by atoms with Gasteiger partial charge in [-0.2, -0.15) is 0 Å². The normalized spacial score (nSPS) is 36.4. The molecule has 1 unspecified atom stereocenters. The SMILES string of the molecule is CC1CSC(NC2(C3(C)CC3)CC2)=N1. The molecule has 0 saturated heterocycles. The predicted octanol–water partition coefficient (Wildman–Crippen LogP) is 2.40. The van der Waals surface area contributed by atoms with Gasteiger partial charge in [0, 0.05) is 11.3 Å². The summed E-state index contributed by atoms with van der Waals surface area (Å²) in [6.45, 7) is 4.62. The zero-order chi connectivity index (χ0) is 9.81. The molecule has 2 fully saturated rings. The van der Waals surface area contributed by atoms with Crippen molar-refractivity contribution in [2.45, 2.75) is 51.1 Å². The zero-order valence-corrected chi connectivity index (χ0v) is 9.78. The van der Waals surface area contributed by atoms with Crippen LogP contribution in [0.2, 0.25) is 0 Å². The van der Waals surface area contributed by atoms with E-state index < -0.39 is 0 Å². The molecule has 78 valence electrons. The molecule has 0 aromatic rings. The largest absolute Gasteiger partial charge is 0.359 e. The summed E-state index contributed by atoms with van der Waals surface area (Å²) in [6.07, 6.45) is 5.54. The molecule has 2 saturated carbocycles. The van der Waals surface area contributed by atoms with Gasteiger partial charge < -0.3 is 5.32 Å². The van der Waals surface area contributed by atoms with Gasteiger partial charge in [-0.25, -0.2) is 0 Å². The fourth-order valence-electron chi connectivity index (χ4n) is 2.42. The minimum Gasteiger partial charge on any atom is -0.359 e. The molecule has 2 nitrogen and oxygen atoms in total. The standard InChI is InChI=1S/C11H18N2S/c1-8-7-14-9(12-8)13-11(5-6-11)10(2)3-4-10/h8H,3-7H2,1-2H3,(H,12,13). The monoisotopic (exact) mass is 210 g/mol. The Morgan fingerprint density at radius 3 is 2.50 bits per heavy atom. The van der Waals surface area contributed by atoms with Crippen LogP contribution in [0.15, 0.2) is 4.99 Å². The molecular formula is C11H18N2S. The van der Waals surface area contributed by atoms with Gasteiger partial charge in [0.25, 0.3) is 0 Å². The van der Waals surface area contributed by atoms with Gasteiger partial charge in [-0.15, -0.1) is 0 Å². The van der Waals surface area contributed by atoms with E-state index in [1.807, 2.05) is 11.8 Å². The van der Waals surface area contributed by atoms with E-state index in [2.05, 4.69) is 24.2 Å². The van der Waals surface area contributed by atoms with Crippen molar-refractivity contribution in [3.05, 3.63) is 0 Å². The molecule has 0 amide bonds. The molecule has 2 aliphatic carbocycles. The van der Waals surface area contributed by atoms with Crippen molar-refractivity contribution >= 4 is 16.9 Å². The lowest BCUT2D eigenvalue weighted by Crippen LogP contribution is -2.41. The summed E-state index contributed by atoms with van der Waals surface area (Å²) in [5, 5.41) is 4.92. The van der Waals surface area contributed by atoms with Crippen LogP contribution in [-0.4, -0.2) is 22.5 Å². The van der Waals surface area contributed by atoms with Crippen molar-refractivity contribution in [2.75, 3.05) is 5.75 Å². The van der Waals surface area contributed by atoms with Crippen LogP contribution < -0.4 is 5.32 Å². The van der Waals surface area contributed by atoms with Gasteiger partial charge in [0.2, 0.25) is 0 Å². The topological polar surface area (TPSA) is 24.4 Å². The molecule has 0 aromatic heterocycles. The number of aliphatic imine (C=N–C) groups is 1. The highest BCUT2D eigenvalue weighted by atomic mass is 32.2. The van der Waals surface area contributed by atoms with E-state index in [1.165, 1.54) is 30.9 Å². The smallest absolute Gasteiger partial charge is 0.157 e. The molecule has 0 spiro atoms. The van der Waals surface area contributed by atoms with Gasteiger partial charge in [-0.1, -0.05) is 18.7 Å². The first-order valence-electron chi connectivity index (χ1n) is 5.62. The van der Waals surface area contributed by atoms with Crippen LogP contribution in [0, 0.1) is 5.41 Å². The summed E-state index contributed by atoms with van der Waals surface area (Å²) in [4.78, 5) is 4.62. The van der Waals surface area contributed by atoms with Gasteiger partial charge in [0.15, 0.2) is 5.17 Å². The van der Waals surface area contributed by atoms with Gasteiger partial charge in [0.05, 0.1) is 6.04 Å². The fourth-order valence-corrected chi connectivity index (χ4v) is 3.41.